The Labute approximate surface area is 138 Å². The average molecular weight is 360 g/mol. The molecule has 2 aromatic carbocycles. The summed E-state index contributed by atoms with van der Waals surface area (Å²) in [5, 5.41) is 12.5. The highest BCUT2D eigenvalue weighted by Gasteiger charge is 2.29. The van der Waals surface area contributed by atoms with Crippen molar-refractivity contribution in [1.29, 1.82) is 0 Å². The fourth-order valence-corrected chi connectivity index (χ4v) is 3.13. The van der Waals surface area contributed by atoms with Crippen LogP contribution in [0.4, 0.5) is 0 Å². The Kier molecular flexibility index (Phi) is 4.60. The van der Waals surface area contributed by atoms with E-state index in [1.807, 2.05) is 6.07 Å². The minimum atomic E-state index is -0.874. The highest BCUT2D eigenvalue weighted by Crippen LogP contribution is 2.37. The third-order valence-electron chi connectivity index (χ3n) is 4.25. The molecule has 1 aliphatic carbocycles. The largest absolute Gasteiger partial charge is 0.478 e. The molecule has 22 heavy (non-hydrogen) atoms. The molecule has 4 heteroatoms. The second-order valence-electron chi connectivity index (χ2n) is 5.80. The molecule has 0 heterocycles. The van der Waals surface area contributed by atoms with E-state index in [2.05, 4.69) is 45.5 Å². The summed E-state index contributed by atoms with van der Waals surface area (Å²) in [5.74, 6) is -0.239. The summed E-state index contributed by atoms with van der Waals surface area (Å²) in [6.07, 6.45) is 2.28. The monoisotopic (exact) mass is 359 g/mol. The number of carboxylic acids is 1. The smallest absolute Gasteiger partial charge is 0.335 e. The fourth-order valence-electron chi connectivity index (χ4n) is 2.87. The molecule has 2 aromatic rings. The third kappa shape index (κ3) is 3.57. The van der Waals surface area contributed by atoms with Gasteiger partial charge in [-0.05, 0) is 54.2 Å². The van der Waals surface area contributed by atoms with Gasteiger partial charge in [-0.3, -0.25) is 0 Å². The number of benzene rings is 2. The van der Waals surface area contributed by atoms with Crippen molar-refractivity contribution in [3.8, 4) is 0 Å². The zero-order chi connectivity index (χ0) is 15.5. The van der Waals surface area contributed by atoms with Crippen LogP contribution in [0.2, 0.25) is 0 Å². The first kappa shape index (κ1) is 15.3. The van der Waals surface area contributed by atoms with Gasteiger partial charge in [0.25, 0.3) is 0 Å². The van der Waals surface area contributed by atoms with Crippen LogP contribution in [0.15, 0.2) is 53.0 Å². The summed E-state index contributed by atoms with van der Waals surface area (Å²) in [5.41, 5.74) is 2.77. The van der Waals surface area contributed by atoms with Crippen molar-refractivity contribution in [2.24, 2.45) is 0 Å². The average Bonchev–Trinajstić information content (AvgIpc) is 2.47. The molecular formula is C18H18BrNO2. The van der Waals surface area contributed by atoms with E-state index in [-0.39, 0.29) is 0 Å². The minimum absolute atomic E-state index is 0.348. The Morgan fingerprint density at radius 3 is 2.59 bits per heavy atom. The fraction of sp³-hybridized carbons (Fsp3) is 0.278. The summed E-state index contributed by atoms with van der Waals surface area (Å²) >= 11 is 3.46. The number of hydrogen-bond donors (Lipinski definition) is 2. The van der Waals surface area contributed by atoms with E-state index in [0.29, 0.717) is 17.5 Å². The molecule has 1 fully saturated rings. The Bertz CT molecular complexity index is 663. The maximum absolute atomic E-state index is 11.0. The topological polar surface area (TPSA) is 49.3 Å². The van der Waals surface area contributed by atoms with E-state index >= 15 is 0 Å². The third-order valence-corrected chi connectivity index (χ3v) is 4.78. The summed E-state index contributed by atoms with van der Waals surface area (Å²) < 4.78 is 1.11. The first-order valence-electron chi connectivity index (χ1n) is 7.43. The number of rotatable bonds is 5. The van der Waals surface area contributed by atoms with E-state index in [1.54, 1.807) is 18.2 Å². The van der Waals surface area contributed by atoms with Gasteiger partial charge < -0.3 is 10.4 Å². The summed E-state index contributed by atoms with van der Waals surface area (Å²) in [6, 6.07) is 16.2. The van der Waals surface area contributed by atoms with Crippen molar-refractivity contribution < 1.29 is 9.90 Å². The lowest BCUT2D eigenvalue weighted by Crippen LogP contribution is -2.39. The van der Waals surface area contributed by atoms with E-state index < -0.39 is 5.97 Å². The Balaban J connectivity index is 1.49. The van der Waals surface area contributed by atoms with E-state index in [1.165, 1.54) is 5.56 Å². The van der Waals surface area contributed by atoms with Crippen LogP contribution in [0.5, 0.6) is 0 Å². The maximum Gasteiger partial charge on any atom is 0.335 e. The van der Waals surface area contributed by atoms with Gasteiger partial charge in [-0.15, -0.1) is 0 Å². The van der Waals surface area contributed by atoms with Crippen molar-refractivity contribution in [3.05, 3.63) is 69.7 Å². The van der Waals surface area contributed by atoms with Gasteiger partial charge in [0, 0.05) is 17.1 Å². The number of nitrogens with one attached hydrogen (secondary N) is 1. The van der Waals surface area contributed by atoms with Gasteiger partial charge >= 0.3 is 5.97 Å². The van der Waals surface area contributed by atoms with Gasteiger partial charge in [0.15, 0.2) is 0 Å². The molecule has 0 bridgehead atoms. The first-order valence-corrected chi connectivity index (χ1v) is 8.22. The minimum Gasteiger partial charge on any atom is -0.478 e. The number of hydrogen-bond acceptors (Lipinski definition) is 2. The Morgan fingerprint density at radius 2 is 1.91 bits per heavy atom. The van der Waals surface area contributed by atoms with Crippen molar-refractivity contribution in [3.63, 3.8) is 0 Å². The summed E-state index contributed by atoms with van der Waals surface area (Å²) in [4.78, 5) is 11.0. The van der Waals surface area contributed by atoms with Crippen LogP contribution in [-0.4, -0.2) is 17.1 Å². The zero-order valence-corrected chi connectivity index (χ0v) is 13.7. The van der Waals surface area contributed by atoms with Gasteiger partial charge in [0.05, 0.1) is 5.56 Å². The summed E-state index contributed by atoms with van der Waals surface area (Å²) in [7, 11) is 0. The molecule has 1 saturated carbocycles. The molecule has 2 N–H and O–H groups in total. The molecule has 0 aromatic heterocycles. The predicted octanol–water partition coefficient (Wildman–Crippen LogP) is 4.18. The second kappa shape index (κ2) is 6.63. The molecule has 0 radical (unpaired) electrons. The molecule has 0 unspecified atom stereocenters. The number of halogens is 1. The standard InChI is InChI=1S/C18H18BrNO2/c19-16-6-4-13(5-7-16)15-9-17(10-15)20-11-12-2-1-3-14(8-12)18(21)22/h1-8,15,17,20H,9-11H2,(H,21,22). The van der Waals surface area contributed by atoms with Gasteiger partial charge in [0.2, 0.25) is 0 Å². The number of carboxylic acid groups (broad SMARTS) is 1. The highest BCUT2D eigenvalue weighted by molar-refractivity contribution is 9.10. The molecule has 3 rings (SSSR count). The molecule has 0 saturated heterocycles. The first-order chi connectivity index (χ1) is 10.6. The van der Waals surface area contributed by atoms with Crippen LogP contribution in [0.1, 0.15) is 40.2 Å². The van der Waals surface area contributed by atoms with Crippen LogP contribution >= 0.6 is 15.9 Å². The molecule has 0 amide bonds. The lowest BCUT2D eigenvalue weighted by molar-refractivity contribution is 0.0696. The van der Waals surface area contributed by atoms with E-state index in [0.717, 1.165) is 29.4 Å². The maximum atomic E-state index is 11.0. The molecule has 3 nitrogen and oxygen atoms in total. The van der Waals surface area contributed by atoms with E-state index in [9.17, 15) is 4.79 Å². The molecule has 0 spiro atoms. The van der Waals surface area contributed by atoms with Gasteiger partial charge in [-0.2, -0.15) is 0 Å². The second-order valence-corrected chi connectivity index (χ2v) is 6.72. The highest BCUT2D eigenvalue weighted by atomic mass is 79.9. The SMILES string of the molecule is O=C(O)c1cccc(CNC2CC(c3ccc(Br)cc3)C2)c1. The van der Waals surface area contributed by atoms with Gasteiger partial charge in [-0.25, -0.2) is 4.79 Å². The number of carbonyl (C=O) groups is 1. The lowest BCUT2D eigenvalue weighted by atomic mass is 9.76. The lowest BCUT2D eigenvalue weighted by Gasteiger charge is -2.36. The van der Waals surface area contributed by atoms with Crippen molar-refractivity contribution >= 4 is 21.9 Å². The van der Waals surface area contributed by atoms with Crippen LogP contribution in [0, 0.1) is 0 Å². The molecule has 1 aliphatic rings. The molecule has 0 aliphatic heterocycles. The van der Waals surface area contributed by atoms with Crippen molar-refractivity contribution in [2.45, 2.75) is 31.3 Å². The van der Waals surface area contributed by atoms with Crippen LogP contribution in [0.25, 0.3) is 0 Å². The van der Waals surface area contributed by atoms with Crippen LogP contribution in [-0.2, 0) is 6.54 Å². The molecule has 114 valence electrons. The van der Waals surface area contributed by atoms with E-state index in [4.69, 9.17) is 5.11 Å². The Morgan fingerprint density at radius 1 is 1.18 bits per heavy atom. The van der Waals surface area contributed by atoms with Crippen LogP contribution < -0.4 is 5.32 Å². The zero-order valence-electron chi connectivity index (χ0n) is 12.1. The quantitative estimate of drug-likeness (QED) is 0.841. The van der Waals surface area contributed by atoms with Crippen molar-refractivity contribution in [1.82, 2.24) is 5.32 Å². The van der Waals surface area contributed by atoms with Gasteiger partial charge in [0.1, 0.15) is 0 Å². The molecule has 0 atom stereocenters. The van der Waals surface area contributed by atoms with Gasteiger partial charge in [-0.1, -0.05) is 40.2 Å². The Hall–Kier alpha value is -1.65. The van der Waals surface area contributed by atoms with Crippen molar-refractivity contribution in [2.75, 3.05) is 0 Å². The predicted molar refractivity (Wildman–Crippen MR) is 90.1 cm³/mol. The summed E-state index contributed by atoms with van der Waals surface area (Å²) in [6.45, 7) is 0.721. The number of aromatic carboxylic acids is 1. The van der Waals surface area contributed by atoms with Crippen LogP contribution in [0.3, 0.4) is 0 Å². The molecular weight excluding hydrogens is 342 g/mol. The normalized spacial score (nSPS) is 20.4.